The molecular formula is C17H16ClNO2S. The van der Waals surface area contributed by atoms with E-state index < -0.39 is 0 Å². The molecule has 114 valence electrons. The van der Waals surface area contributed by atoms with Gasteiger partial charge in [-0.1, -0.05) is 53.7 Å². The van der Waals surface area contributed by atoms with Crippen molar-refractivity contribution in [3.05, 3.63) is 70.6 Å². The number of hydrogen-bond acceptors (Lipinski definition) is 3. The van der Waals surface area contributed by atoms with Crippen LogP contribution in [-0.2, 0) is 11.3 Å². The zero-order chi connectivity index (χ0) is 15.8. The number of benzene rings is 2. The zero-order valence-electron chi connectivity index (χ0n) is 12.1. The molecule has 22 heavy (non-hydrogen) atoms. The second-order valence-electron chi connectivity index (χ2n) is 4.42. The number of carbonyl (C=O) groups is 1. The van der Waals surface area contributed by atoms with Gasteiger partial charge in [-0.25, -0.2) is 0 Å². The second-order valence-corrected chi connectivity index (χ2v) is 5.75. The minimum Gasteiger partial charge on any atom is -0.497 e. The van der Waals surface area contributed by atoms with Crippen molar-refractivity contribution in [1.29, 1.82) is 0 Å². The fourth-order valence-electron chi connectivity index (χ4n) is 1.75. The molecule has 0 heterocycles. The highest BCUT2D eigenvalue weighted by atomic mass is 35.5. The van der Waals surface area contributed by atoms with Gasteiger partial charge in [0.15, 0.2) is 0 Å². The maximum absolute atomic E-state index is 12.2. The minimum atomic E-state index is -0.195. The van der Waals surface area contributed by atoms with Crippen LogP contribution >= 0.6 is 23.4 Å². The Bertz CT molecular complexity index is 641. The summed E-state index contributed by atoms with van der Waals surface area (Å²) in [5.41, 5.74) is 2.34. The number of carbonyl (C=O) groups excluding carboxylic acids is 1. The van der Waals surface area contributed by atoms with Crippen LogP contribution in [0.25, 0.3) is 0 Å². The Morgan fingerprint density at radius 3 is 2.45 bits per heavy atom. The minimum absolute atomic E-state index is 0.195. The van der Waals surface area contributed by atoms with Gasteiger partial charge in [0.1, 0.15) is 5.75 Å². The number of amides is 1. The lowest BCUT2D eigenvalue weighted by Crippen LogP contribution is -2.23. The van der Waals surface area contributed by atoms with E-state index in [9.17, 15) is 4.79 Å². The number of hydrogen-bond donors (Lipinski definition) is 1. The number of thioether (sulfide) groups is 1. The maximum atomic E-state index is 12.2. The number of halogens is 1. The van der Waals surface area contributed by atoms with Gasteiger partial charge >= 0.3 is 0 Å². The summed E-state index contributed by atoms with van der Waals surface area (Å²) >= 11 is 7.10. The molecule has 0 saturated heterocycles. The molecule has 1 amide bonds. The first-order valence-corrected chi connectivity index (χ1v) is 7.92. The normalized spacial score (nSPS) is 11.1. The van der Waals surface area contributed by atoms with Crippen molar-refractivity contribution in [2.24, 2.45) is 0 Å². The molecule has 0 fully saturated rings. The van der Waals surface area contributed by atoms with E-state index >= 15 is 0 Å². The van der Waals surface area contributed by atoms with E-state index in [-0.39, 0.29) is 5.91 Å². The van der Waals surface area contributed by atoms with Gasteiger partial charge in [-0.3, -0.25) is 4.79 Å². The van der Waals surface area contributed by atoms with Gasteiger partial charge in [-0.05, 0) is 29.8 Å². The third-order valence-corrected chi connectivity index (χ3v) is 4.28. The number of rotatable bonds is 6. The van der Waals surface area contributed by atoms with E-state index in [2.05, 4.69) is 5.32 Å². The van der Waals surface area contributed by atoms with Gasteiger partial charge < -0.3 is 10.1 Å². The summed E-state index contributed by atoms with van der Waals surface area (Å²) in [5, 5.41) is 2.86. The van der Waals surface area contributed by atoms with E-state index in [1.54, 1.807) is 7.11 Å². The van der Waals surface area contributed by atoms with E-state index in [1.807, 2.05) is 54.6 Å². The average Bonchev–Trinajstić information content (AvgIpc) is 2.59. The first kappa shape index (κ1) is 16.5. The van der Waals surface area contributed by atoms with E-state index in [0.717, 1.165) is 16.2 Å². The van der Waals surface area contributed by atoms with Gasteiger partial charge in [0, 0.05) is 17.0 Å². The number of nitrogens with one attached hydrogen (secondary N) is 1. The Labute approximate surface area is 139 Å². The van der Waals surface area contributed by atoms with Crippen molar-refractivity contribution in [2.75, 3.05) is 7.11 Å². The van der Waals surface area contributed by atoms with Gasteiger partial charge in [0.05, 0.1) is 12.0 Å². The highest BCUT2D eigenvalue weighted by Gasteiger charge is 2.11. The largest absolute Gasteiger partial charge is 0.497 e. The molecule has 0 atom stereocenters. The van der Waals surface area contributed by atoms with Crippen molar-refractivity contribution in [3.63, 3.8) is 0 Å². The molecule has 0 spiro atoms. The van der Waals surface area contributed by atoms with Crippen molar-refractivity contribution < 1.29 is 9.53 Å². The Hall–Kier alpha value is -1.91. The van der Waals surface area contributed by atoms with Crippen LogP contribution < -0.4 is 10.1 Å². The topological polar surface area (TPSA) is 38.3 Å². The van der Waals surface area contributed by atoms with E-state index in [0.29, 0.717) is 11.4 Å². The lowest BCUT2D eigenvalue weighted by Gasteiger charge is -2.08. The predicted octanol–water partition coefficient (Wildman–Crippen LogP) is 4.18. The molecule has 0 aromatic heterocycles. The highest BCUT2D eigenvalue weighted by molar-refractivity contribution is 8.04. The molecule has 0 saturated carbocycles. The van der Waals surface area contributed by atoms with Gasteiger partial charge in [-0.2, -0.15) is 0 Å². The molecular weight excluding hydrogens is 318 g/mol. The Kier molecular flexibility index (Phi) is 6.37. The summed E-state index contributed by atoms with van der Waals surface area (Å²) in [6.45, 7) is 0.469. The first-order chi connectivity index (χ1) is 10.7. The first-order valence-electron chi connectivity index (χ1n) is 6.67. The summed E-state index contributed by atoms with van der Waals surface area (Å²) in [6.07, 6.45) is 0. The standard InChI is InChI=1S/C17H16ClNO2S/c1-21-14-7-9-15(10-8-14)22-16(11-18)17(20)19-12-13-5-3-2-4-6-13/h2-11H,12H2,1H3,(H,19,20)/b16-11-. The van der Waals surface area contributed by atoms with Crippen LogP contribution in [0.3, 0.4) is 0 Å². The van der Waals surface area contributed by atoms with Crippen molar-refractivity contribution >= 4 is 29.3 Å². The Morgan fingerprint density at radius 1 is 1.18 bits per heavy atom. The highest BCUT2D eigenvalue weighted by Crippen LogP contribution is 2.28. The van der Waals surface area contributed by atoms with Crippen molar-refractivity contribution in [2.45, 2.75) is 11.4 Å². The van der Waals surface area contributed by atoms with Crippen LogP contribution in [0.2, 0.25) is 0 Å². The SMILES string of the molecule is COc1ccc(S/C(=C\Cl)C(=O)NCc2ccccc2)cc1. The zero-order valence-corrected chi connectivity index (χ0v) is 13.7. The Balaban J connectivity index is 1.94. The third kappa shape index (κ3) is 4.83. The molecule has 1 N–H and O–H groups in total. The molecule has 3 nitrogen and oxygen atoms in total. The van der Waals surface area contributed by atoms with E-state index in [1.165, 1.54) is 17.3 Å². The molecule has 0 bridgehead atoms. The molecule has 0 aliphatic heterocycles. The lowest BCUT2D eigenvalue weighted by molar-refractivity contribution is -0.116. The van der Waals surface area contributed by atoms with Crippen LogP contribution in [0.5, 0.6) is 5.75 Å². The Morgan fingerprint density at radius 2 is 1.86 bits per heavy atom. The molecule has 5 heteroatoms. The number of methoxy groups -OCH3 is 1. The molecule has 0 unspecified atom stereocenters. The second kappa shape index (κ2) is 8.51. The lowest BCUT2D eigenvalue weighted by atomic mass is 10.2. The fourth-order valence-corrected chi connectivity index (χ4v) is 2.72. The molecule has 2 aromatic carbocycles. The van der Waals surface area contributed by atoms with Crippen LogP contribution in [0.15, 0.2) is 69.9 Å². The van der Waals surface area contributed by atoms with Crippen LogP contribution in [-0.4, -0.2) is 13.0 Å². The fraction of sp³-hybridized carbons (Fsp3) is 0.118. The van der Waals surface area contributed by atoms with E-state index in [4.69, 9.17) is 16.3 Å². The summed E-state index contributed by atoms with van der Waals surface area (Å²) in [4.78, 5) is 13.5. The third-order valence-electron chi connectivity index (χ3n) is 2.91. The molecule has 0 aliphatic rings. The molecule has 0 radical (unpaired) electrons. The van der Waals surface area contributed by atoms with Crippen molar-refractivity contribution in [1.82, 2.24) is 5.32 Å². The van der Waals surface area contributed by atoms with Crippen LogP contribution in [0.4, 0.5) is 0 Å². The molecule has 2 aromatic rings. The monoisotopic (exact) mass is 333 g/mol. The smallest absolute Gasteiger partial charge is 0.259 e. The predicted molar refractivity (Wildman–Crippen MR) is 91.1 cm³/mol. The van der Waals surface area contributed by atoms with Crippen LogP contribution in [0.1, 0.15) is 5.56 Å². The summed E-state index contributed by atoms with van der Waals surface area (Å²) in [7, 11) is 1.61. The summed E-state index contributed by atoms with van der Waals surface area (Å²) in [5.74, 6) is 0.578. The quantitative estimate of drug-likeness (QED) is 0.636. The van der Waals surface area contributed by atoms with Crippen LogP contribution in [0, 0.1) is 0 Å². The maximum Gasteiger partial charge on any atom is 0.259 e. The summed E-state index contributed by atoms with van der Waals surface area (Å²) < 4.78 is 5.11. The van der Waals surface area contributed by atoms with Crippen molar-refractivity contribution in [3.8, 4) is 5.75 Å². The van der Waals surface area contributed by atoms with Gasteiger partial charge in [0.2, 0.25) is 0 Å². The number of ether oxygens (including phenoxy) is 1. The average molecular weight is 334 g/mol. The molecule has 2 rings (SSSR count). The summed E-state index contributed by atoms with van der Waals surface area (Å²) in [6, 6.07) is 17.2. The molecule has 0 aliphatic carbocycles. The van der Waals surface area contributed by atoms with Gasteiger partial charge in [0.25, 0.3) is 5.91 Å². The van der Waals surface area contributed by atoms with Gasteiger partial charge in [-0.15, -0.1) is 0 Å².